The van der Waals surface area contributed by atoms with E-state index >= 15 is 0 Å². The summed E-state index contributed by atoms with van der Waals surface area (Å²) in [4.78, 5) is 37.8. The first kappa shape index (κ1) is 21.7. The minimum Gasteiger partial charge on any atom is -0.434 e. The highest BCUT2D eigenvalue weighted by atomic mass is 16.7. The van der Waals surface area contributed by atoms with Gasteiger partial charge in [0.2, 0.25) is 5.91 Å². The van der Waals surface area contributed by atoms with Crippen molar-refractivity contribution in [3.63, 3.8) is 0 Å². The Morgan fingerprint density at radius 2 is 1.71 bits per heavy atom. The van der Waals surface area contributed by atoms with Crippen molar-refractivity contribution in [3.8, 4) is 5.75 Å². The van der Waals surface area contributed by atoms with Crippen LogP contribution in [0.4, 0.5) is 4.79 Å². The standard InChI is InChI=1S/C21H30N2O5/c1-5-27-20(26)28-17-8-6-16(7-9-17)18(24)23-12-10-15(11-13-23)14-22-19(25)21(2,3)4/h6-9,15H,5,10-14H2,1-4H3,(H,22,25). The van der Waals surface area contributed by atoms with Gasteiger partial charge in [-0.3, -0.25) is 9.59 Å². The summed E-state index contributed by atoms with van der Waals surface area (Å²) < 4.78 is 9.72. The molecule has 0 bridgehead atoms. The molecule has 1 aliphatic rings. The topological polar surface area (TPSA) is 84.9 Å². The van der Waals surface area contributed by atoms with Gasteiger partial charge in [0.25, 0.3) is 5.91 Å². The smallest absolute Gasteiger partial charge is 0.434 e. The number of hydrogen-bond donors (Lipinski definition) is 1. The van der Waals surface area contributed by atoms with Crippen molar-refractivity contribution in [2.24, 2.45) is 11.3 Å². The van der Waals surface area contributed by atoms with Crippen LogP contribution in [-0.2, 0) is 9.53 Å². The molecule has 7 heteroatoms. The lowest BCUT2D eigenvalue weighted by Gasteiger charge is -2.32. The summed E-state index contributed by atoms with van der Waals surface area (Å²) in [5, 5.41) is 3.00. The predicted molar refractivity (Wildman–Crippen MR) is 105 cm³/mol. The van der Waals surface area contributed by atoms with Crippen LogP contribution < -0.4 is 10.1 Å². The number of ether oxygens (including phenoxy) is 2. The molecule has 0 aromatic heterocycles. The van der Waals surface area contributed by atoms with E-state index in [4.69, 9.17) is 9.47 Å². The first-order chi connectivity index (χ1) is 13.2. The molecule has 1 heterocycles. The van der Waals surface area contributed by atoms with Crippen molar-refractivity contribution in [1.82, 2.24) is 10.2 Å². The number of nitrogens with zero attached hydrogens (tertiary/aromatic N) is 1. The van der Waals surface area contributed by atoms with Crippen molar-refractivity contribution < 1.29 is 23.9 Å². The summed E-state index contributed by atoms with van der Waals surface area (Å²) in [6.45, 7) is 9.60. The second-order valence-corrected chi connectivity index (χ2v) is 8.01. The third-order valence-corrected chi connectivity index (χ3v) is 4.70. The SMILES string of the molecule is CCOC(=O)Oc1ccc(C(=O)N2CCC(CNC(=O)C(C)(C)C)CC2)cc1. The molecule has 7 nitrogen and oxygen atoms in total. The molecule has 0 atom stereocenters. The zero-order valence-electron chi connectivity index (χ0n) is 17.1. The van der Waals surface area contributed by atoms with Gasteiger partial charge in [0.05, 0.1) is 6.61 Å². The Kier molecular flexibility index (Phi) is 7.43. The molecule has 2 rings (SSSR count). The Morgan fingerprint density at radius 3 is 2.25 bits per heavy atom. The maximum absolute atomic E-state index is 12.7. The van der Waals surface area contributed by atoms with E-state index in [1.165, 1.54) is 0 Å². The van der Waals surface area contributed by atoms with Crippen LogP contribution in [0.15, 0.2) is 24.3 Å². The quantitative estimate of drug-likeness (QED) is 0.616. The number of rotatable bonds is 5. The van der Waals surface area contributed by atoms with Gasteiger partial charge in [0, 0.05) is 30.6 Å². The molecule has 28 heavy (non-hydrogen) atoms. The summed E-state index contributed by atoms with van der Waals surface area (Å²) >= 11 is 0. The van der Waals surface area contributed by atoms with E-state index in [-0.39, 0.29) is 23.8 Å². The third-order valence-electron chi connectivity index (χ3n) is 4.70. The minimum absolute atomic E-state index is 0.0418. The molecule has 0 saturated carbocycles. The van der Waals surface area contributed by atoms with Gasteiger partial charge in [-0.1, -0.05) is 20.8 Å². The van der Waals surface area contributed by atoms with Gasteiger partial charge in [-0.05, 0) is 49.9 Å². The summed E-state index contributed by atoms with van der Waals surface area (Å²) in [5.74, 6) is 0.731. The Bertz CT molecular complexity index is 686. The van der Waals surface area contributed by atoms with Crippen molar-refractivity contribution >= 4 is 18.0 Å². The molecule has 154 valence electrons. The fourth-order valence-corrected chi connectivity index (χ4v) is 2.93. The molecule has 1 aliphatic heterocycles. The van der Waals surface area contributed by atoms with Crippen LogP contribution in [0.5, 0.6) is 5.75 Å². The highest BCUT2D eigenvalue weighted by Crippen LogP contribution is 2.21. The zero-order chi connectivity index (χ0) is 20.7. The molecular weight excluding hydrogens is 360 g/mol. The van der Waals surface area contributed by atoms with E-state index in [1.807, 2.05) is 25.7 Å². The lowest BCUT2D eigenvalue weighted by Crippen LogP contribution is -2.43. The fourth-order valence-electron chi connectivity index (χ4n) is 2.93. The number of amides is 2. The van der Waals surface area contributed by atoms with Crippen molar-refractivity contribution in [3.05, 3.63) is 29.8 Å². The Hall–Kier alpha value is -2.57. The molecule has 1 N–H and O–H groups in total. The highest BCUT2D eigenvalue weighted by molar-refractivity contribution is 5.94. The fraction of sp³-hybridized carbons (Fsp3) is 0.571. The molecule has 1 fully saturated rings. The van der Waals surface area contributed by atoms with Gasteiger partial charge in [-0.15, -0.1) is 0 Å². The number of hydrogen-bond acceptors (Lipinski definition) is 5. The Morgan fingerprint density at radius 1 is 1.11 bits per heavy atom. The number of likely N-dealkylation sites (tertiary alicyclic amines) is 1. The Balaban J connectivity index is 1.81. The maximum atomic E-state index is 12.7. The summed E-state index contributed by atoms with van der Waals surface area (Å²) in [7, 11) is 0. The van der Waals surface area contributed by atoms with E-state index < -0.39 is 6.16 Å². The van der Waals surface area contributed by atoms with Crippen LogP contribution in [0.25, 0.3) is 0 Å². The molecule has 0 aliphatic carbocycles. The van der Waals surface area contributed by atoms with Crippen molar-refractivity contribution in [2.45, 2.75) is 40.5 Å². The monoisotopic (exact) mass is 390 g/mol. The summed E-state index contributed by atoms with van der Waals surface area (Å²) in [6.07, 6.45) is 0.961. The van der Waals surface area contributed by atoms with Gasteiger partial charge in [-0.25, -0.2) is 4.79 Å². The lowest BCUT2D eigenvalue weighted by atomic mass is 9.93. The molecule has 1 aromatic rings. The molecule has 0 unspecified atom stereocenters. The second kappa shape index (κ2) is 9.57. The van der Waals surface area contributed by atoms with E-state index in [2.05, 4.69) is 5.32 Å². The molecule has 1 aromatic carbocycles. The van der Waals surface area contributed by atoms with Crippen LogP contribution in [0.1, 0.15) is 50.9 Å². The first-order valence-electron chi connectivity index (χ1n) is 9.73. The average Bonchev–Trinajstić information content (AvgIpc) is 2.66. The molecule has 2 amide bonds. The zero-order valence-corrected chi connectivity index (χ0v) is 17.1. The van der Waals surface area contributed by atoms with Gasteiger partial charge in [0.1, 0.15) is 5.75 Å². The molecule has 1 saturated heterocycles. The van der Waals surface area contributed by atoms with Gasteiger partial charge in [0.15, 0.2) is 0 Å². The second-order valence-electron chi connectivity index (χ2n) is 8.01. The maximum Gasteiger partial charge on any atom is 0.513 e. The van der Waals surface area contributed by atoms with Crippen LogP contribution in [0.2, 0.25) is 0 Å². The van der Waals surface area contributed by atoms with Crippen molar-refractivity contribution in [2.75, 3.05) is 26.2 Å². The predicted octanol–water partition coefficient (Wildman–Crippen LogP) is 3.24. The van der Waals surface area contributed by atoms with E-state index in [9.17, 15) is 14.4 Å². The average molecular weight is 390 g/mol. The van der Waals surface area contributed by atoms with E-state index in [0.717, 1.165) is 12.8 Å². The van der Waals surface area contributed by atoms with Crippen LogP contribution in [0, 0.1) is 11.3 Å². The van der Waals surface area contributed by atoms with Crippen LogP contribution in [0.3, 0.4) is 0 Å². The number of nitrogens with one attached hydrogen (secondary N) is 1. The summed E-state index contributed by atoms with van der Waals surface area (Å²) in [6, 6.07) is 6.46. The van der Waals surface area contributed by atoms with Gasteiger partial charge >= 0.3 is 6.16 Å². The number of carbonyl (C=O) groups is 3. The van der Waals surface area contributed by atoms with E-state index in [0.29, 0.717) is 36.9 Å². The Labute approximate surface area is 166 Å². The molecular formula is C21H30N2O5. The molecule has 0 spiro atoms. The third kappa shape index (κ3) is 6.25. The van der Waals surface area contributed by atoms with Crippen LogP contribution >= 0.6 is 0 Å². The van der Waals surface area contributed by atoms with Crippen molar-refractivity contribution in [1.29, 1.82) is 0 Å². The highest BCUT2D eigenvalue weighted by Gasteiger charge is 2.26. The van der Waals surface area contributed by atoms with E-state index in [1.54, 1.807) is 31.2 Å². The number of carbonyl (C=O) groups excluding carboxylic acids is 3. The van der Waals surface area contributed by atoms with Gasteiger partial charge in [-0.2, -0.15) is 0 Å². The largest absolute Gasteiger partial charge is 0.513 e. The molecule has 0 radical (unpaired) electrons. The minimum atomic E-state index is -0.762. The van der Waals surface area contributed by atoms with Crippen LogP contribution in [-0.4, -0.2) is 49.1 Å². The normalized spacial score (nSPS) is 15.1. The first-order valence-corrected chi connectivity index (χ1v) is 9.73. The number of benzene rings is 1. The summed E-state index contributed by atoms with van der Waals surface area (Å²) in [5.41, 5.74) is 0.163. The van der Waals surface area contributed by atoms with Gasteiger partial charge < -0.3 is 19.7 Å². The number of piperidine rings is 1. The lowest BCUT2D eigenvalue weighted by molar-refractivity contribution is -0.128.